The lowest BCUT2D eigenvalue weighted by atomic mass is 10.1. The van der Waals surface area contributed by atoms with E-state index in [0.717, 1.165) is 0 Å². The Hall–Kier alpha value is -1.97. The molecule has 5 heteroatoms. The van der Waals surface area contributed by atoms with Crippen molar-refractivity contribution in [3.63, 3.8) is 0 Å². The fraction of sp³-hybridized carbons (Fsp3) is 0.0625. The number of phenols is 1. The quantitative estimate of drug-likeness (QED) is 0.660. The molecule has 0 spiro atoms. The van der Waals surface area contributed by atoms with E-state index in [0.29, 0.717) is 21.9 Å². The van der Waals surface area contributed by atoms with E-state index in [1.54, 1.807) is 30.3 Å². The molecular weight excluding hydrogens is 311 g/mol. The fourth-order valence-corrected chi connectivity index (χ4v) is 2.28. The van der Waals surface area contributed by atoms with E-state index in [9.17, 15) is 9.90 Å². The van der Waals surface area contributed by atoms with Crippen LogP contribution in [-0.2, 0) is 0 Å². The van der Waals surface area contributed by atoms with Gasteiger partial charge in [0.25, 0.3) is 0 Å². The van der Waals surface area contributed by atoms with Gasteiger partial charge in [0.05, 0.1) is 12.1 Å². The Morgan fingerprint density at radius 2 is 2.00 bits per heavy atom. The average Bonchev–Trinajstić information content (AvgIpc) is 2.46. The largest absolute Gasteiger partial charge is 0.504 e. The number of carbonyl (C=O) groups is 1. The van der Waals surface area contributed by atoms with Crippen LogP contribution in [0.25, 0.3) is 6.08 Å². The van der Waals surface area contributed by atoms with Crippen LogP contribution in [0.2, 0.25) is 10.0 Å². The Morgan fingerprint density at radius 3 is 2.67 bits per heavy atom. The fourth-order valence-electron chi connectivity index (χ4n) is 1.78. The van der Waals surface area contributed by atoms with Gasteiger partial charge in [0.1, 0.15) is 0 Å². The zero-order valence-electron chi connectivity index (χ0n) is 11.1. The van der Waals surface area contributed by atoms with Gasteiger partial charge in [-0.05, 0) is 36.4 Å². The van der Waals surface area contributed by atoms with Crippen LogP contribution >= 0.6 is 23.2 Å². The van der Waals surface area contributed by atoms with E-state index >= 15 is 0 Å². The number of benzene rings is 2. The molecule has 0 radical (unpaired) electrons. The number of allylic oxidation sites excluding steroid dienone is 1. The second-order valence-corrected chi connectivity index (χ2v) is 5.06. The first-order valence-electron chi connectivity index (χ1n) is 6.06. The minimum atomic E-state index is -0.279. The summed E-state index contributed by atoms with van der Waals surface area (Å²) >= 11 is 11.8. The summed E-state index contributed by atoms with van der Waals surface area (Å²) in [5.74, 6) is 0.0410. The molecule has 0 aliphatic rings. The first-order valence-corrected chi connectivity index (χ1v) is 6.82. The van der Waals surface area contributed by atoms with Crippen molar-refractivity contribution in [3.05, 3.63) is 63.6 Å². The van der Waals surface area contributed by atoms with Gasteiger partial charge in [-0.15, -0.1) is 0 Å². The summed E-state index contributed by atoms with van der Waals surface area (Å²) < 4.78 is 5.00. The van der Waals surface area contributed by atoms with Crippen molar-refractivity contribution in [1.82, 2.24) is 0 Å². The highest BCUT2D eigenvalue weighted by atomic mass is 35.5. The molecule has 0 unspecified atom stereocenters. The van der Waals surface area contributed by atoms with Crippen LogP contribution in [0.15, 0.2) is 42.5 Å². The van der Waals surface area contributed by atoms with Crippen molar-refractivity contribution in [1.29, 1.82) is 0 Å². The van der Waals surface area contributed by atoms with Gasteiger partial charge in [0, 0.05) is 16.1 Å². The number of aromatic hydroxyl groups is 1. The number of hydrogen-bond acceptors (Lipinski definition) is 3. The van der Waals surface area contributed by atoms with Crippen LogP contribution in [0.3, 0.4) is 0 Å². The van der Waals surface area contributed by atoms with Gasteiger partial charge in [-0.1, -0.05) is 35.3 Å². The molecule has 0 bridgehead atoms. The molecule has 0 atom stereocenters. The van der Waals surface area contributed by atoms with E-state index in [-0.39, 0.29) is 16.6 Å². The van der Waals surface area contributed by atoms with Gasteiger partial charge < -0.3 is 9.84 Å². The lowest BCUT2D eigenvalue weighted by molar-refractivity contribution is 0.104. The highest BCUT2D eigenvalue weighted by Crippen LogP contribution is 2.30. The number of phenolic OH excluding ortho intramolecular Hbond substituents is 1. The Labute approximate surface area is 132 Å². The lowest BCUT2D eigenvalue weighted by Gasteiger charge is -2.05. The first-order chi connectivity index (χ1) is 10.0. The van der Waals surface area contributed by atoms with Gasteiger partial charge in [-0.3, -0.25) is 4.79 Å². The van der Waals surface area contributed by atoms with Crippen molar-refractivity contribution in [2.45, 2.75) is 0 Å². The molecule has 0 heterocycles. The number of methoxy groups -OCH3 is 1. The van der Waals surface area contributed by atoms with Crippen LogP contribution < -0.4 is 4.74 Å². The van der Waals surface area contributed by atoms with E-state index in [1.807, 2.05) is 0 Å². The maximum absolute atomic E-state index is 12.1. The molecule has 2 aromatic rings. The topological polar surface area (TPSA) is 46.5 Å². The summed E-state index contributed by atoms with van der Waals surface area (Å²) in [6.45, 7) is 0. The predicted molar refractivity (Wildman–Crippen MR) is 84.5 cm³/mol. The Kier molecular flexibility index (Phi) is 4.89. The summed E-state index contributed by atoms with van der Waals surface area (Å²) in [6.07, 6.45) is 2.84. The number of ketones is 1. The SMILES string of the molecule is COc1cccc(C=CC(=O)c2ccc(Cl)cc2Cl)c1O. The van der Waals surface area contributed by atoms with Crippen LogP contribution in [0.1, 0.15) is 15.9 Å². The Balaban J connectivity index is 2.27. The highest BCUT2D eigenvalue weighted by Gasteiger charge is 2.09. The summed E-state index contributed by atoms with van der Waals surface area (Å²) in [5.41, 5.74) is 0.826. The highest BCUT2D eigenvalue weighted by molar-refractivity contribution is 6.37. The second-order valence-electron chi connectivity index (χ2n) is 4.22. The number of halogens is 2. The summed E-state index contributed by atoms with van der Waals surface area (Å²) in [7, 11) is 1.46. The first kappa shape index (κ1) is 15.4. The smallest absolute Gasteiger partial charge is 0.187 e. The monoisotopic (exact) mass is 322 g/mol. The van der Waals surface area contributed by atoms with Crippen LogP contribution in [0.5, 0.6) is 11.5 Å². The molecule has 0 aromatic heterocycles. The van der Waals surface area contributed by atoms with Gasteiger partial charge in [0.15, 0.2) is 17.3 Å². The van der Waals surface area contributed by atoms with Crippen molar-refractivity contribution in [2.75, 3.05) is 7.11 Å². The molecular formula is C16H12Cl2O3. The number of carbonyl (C=O) groups excluding carboxylic acids is 1. The molecule has 0 saturated heterocycles. The van der Waals surface area contributed by atoms with E-state index in [2.05, 4.69) is 0 Å². The average molecular weight is 323 g/mol. The number of para-hydroxylation sites is 1. The minimum Gasteiger partial charge on any atom is -0.504 e. The predicted octanol–water partition coefficient (Wildman–Crippen LogP) is 4.60. The standard InChI is InChI=1S/C16H12Cl2O3/c1-21-15-4-2-3-10(16(15)20)5-8-14(19)12-7-6-11(17)9-13(12)18/h2-9,20H,1H3. The van der Waals surface area contributed by atoms with Crippen molar-refractivity contribution in [2.24, 2.45) is 0 Å². The Morgan fingerprint density at radius 1 is 1.24 bits per heavy atom. The lowest BCUT2D eigenvalue weighted by Crippen LogP contribution is -1.95. The number of ether oxygens (including phenoxy) is 1. The van der Waals surface area contributed by atoms with Crippen LogP contribution in [-0.4, -0.2) is 18.0 Å². The van der Waals surface area contributed by atoms with Crippen molar-refractivity contribution >= 4 is 35.1 Å². The molecule has 0 amide bonds. The van der Waals surface area contributed by atoms with Crippen molar-refractivity contribution in [3.8, 4) is 11.5 Å². The molecule has 21 heavy (non-hydrogen) atoms. The summed E-state index contributed by atoms with van der Waals surface area (Å²) in [5, 5.41) is 10.7. The maximum atomic E-state index is 12.1. The van der Waals surface area contributed by atoms with E-state index in [1.165, 1.54) is 25.3 Å². The van der Waals surface area contributed by atoms with Gasteiger partial charge in [-0.2, -0.15) is 0 Å². The number of hydrogen-bond donors (Lipinski definition) is 1. The van der Waals surface area contributed by atoms with Crippen molar-refractivity contribution < 1.29 is 14.6 Å². The Bertz CT molecular complexity index is 709. The molecule has 3 nitrogen and oxygen atoms in total. The summed E-state index contributed by atoms with van der Waals surface area (Å²) in [4.78, 5) is 12.1. The maximum Gasteiger partial charge on any atom is 0.187 e. The molecule has 2 rings (SSSR count). The summed E-state index contributed by atoms with van der Waals surface area (Å²) in [6, 6.07) is 9.68. The molecule has 0 aliphatic heterocycles. The van der Waals surface area contributed by atoms with Gasteiger partial charge >= 0.3 is 0 Å². The normalized spacial score (nSPS) is 10.8. The third kappa shape index (κ3) is 3.57. The molecule has 0 aliphatic carbocycles. The molecule has 0 fully saturated rings. The van der Waals surface area contributed by atoms with Gasteiger partial charge in [0.2, 0.25) is 0 Å². The van der Waals surface area contributed by atoms with E-state index < -0.39 is 0 Å². The zero-order chi connectivity index (χ0) is 15.4. The zero-order valence-corrected chi connectivity index (χ0v) is 12.7. The van der Waals surface area contributed by atoms with Crippen LogP contribution in [0, 0.1) is 0 Å². The molecule has 2 aromatic carbocycles. The molecule has 1 N–H and O–H groups in total. The van der Waals surface area contributed by atoms with E-state index in [4.69, 9.17) is 27.9 Å². The minimum absolute atomic E-state index is 0.0220. The third-order valence-electron chi connectivity index (χ3n) is 2.86. The van der Waals surface area contributed by atoms with Gasteiger partial charge in [-0.25, -0.2) is 0 Å². The third-order valence-corrected chi connectivity index (χ3v) is 3.41. The molecule has 0 saturated carbocycles. The van der Waals surface area contributed by atoms with Crippen LogP contribution in [0.4, 0.5) is 0 Å². The molecule has 108 valence electrons. The number of rotatable bonds is 4. The second kappa shape index (κ2) is 6.66.